The van der Waals surface area contributed by atoms with Crippen LogP contribution in [-0.4, -0.2) is 48.3 Å². The number of anilines is 2. The predicted octanol–water partition coefficient (Wildman–Crippen LogP) is 5.81. The smallest absolute Gasteiger partial charge is 0.407 e. The number of hydrogen-bond acceptors (Lipinski definition) is 8. The van der Waals surface area contributed by atoms with Gasteiger partial charge in [0.2, 0.25) is 11.9 Å². The van der Waals surface area contributed by atoms with Gasteiger partial charge in [-0.05, 0) is 67.2 Å². The number of fused-ring (bicyclic) bond motifs is 1. The topological polar surface area (TPSA) is 118 Å². The largest absolute Gasteiger partial charge is 0.444 e. The van der Waals surface area contributed by atoms with Gasteiger partial charge >= 0.3 is 6.09 Å². The summed E-state index contributed by atoms with van der Waals surface area (Å²) in [5, 5.41) is 14.4. The fourth-order valence-electron chi connectivity index (χ4n) is 4.64. The van der Waals surface area contributed by atoms with Gasteiger partial charge < -0.3 is 20.7 Å². The van der Waals surface area contributed by atoms with Crippen LogP contribution in [0.25, 0.3) is 16.9 Å². The van der Waals surface area contributed by atoms with Crippen LogP contribution in [0, 0.1) is 0 Å². The lowest BCUT2D eigenvalue weighted by Gasteiger charge is -2.33. The van der Waals surface area contributed by atoms with E-state index in [-0.39, 0.29) is 12.1 Å². The Bertz CT molecular complexity index is 1420. The molecule has 0 saturated heterocycles. The maximum atomic E-state index is 12.5. The van der Waals surface area contributed by atoms with Gasteiger partial charge in [0.15, 0.2) is 5.65 Å². The van der Waals surface area contributed by atoms with Crippen molar-refractivity contribution >= 4 is 39.6 Å². The van der Waals surface area contributed by atoms with Crippen molar-refractivity contribution in [3.8, 4) is 11.3 Å². The summed E-state index contributed by atoms with van der Waals surface area (Å²) in [6.07, 6.45) is 6.93. The summed E-state index contributed by atoms with van der Waals surface area (Å²) in [6.45, 7) is 6.13. The molecule has 0 spiro atoms. The second-order valence-corrected chi connectivity index (χ2v) is 11.5. The molecule has 11 heteroatoms. The fraction of sp³-hybridized carbons (Fsp3) is 0.393. The van der Waals surface area contributed by atoms with Gasteiger partial charge in [0.05, 0.1) is 22.4 Å². The van der Waals surface area contributed by atoms with Crippen LogP contribution in [0.2, 0.25) is 0 Å². The molecular weight excluding hydrogens is 560 g/mol. The molecule has 1 fully saturated rings. The zero-order chi connectivity index (χ0) is 27.4. The average Bonchev–Trinajstić information content (AvgIpc) is 3.29. The first-order valence-corrected chi connectivity index (χ1v) is 14.0. The molecule has 1 aliphatic rings. The van der Waals surface area contributed by atoms with Crippen LogP contribution in [0.15, 0.2) is 59.3 Å². The van der Waals surface area contributed by atoms with Crippen molar-refractivity contribution in [2.75, 3.05) is 10.6 Å². The summed E-state index contributed by atoms with van der Waals surface area (Å²) in [5.41, 5.74) is 3.19. The van der Waals surface area contributed by atoms with Crippen molar-refractivity contribution in [1.29, 1.82) is 0 Å². The molecule has 1 amide bonds. The average molecular weight is 594 g/mol. The van der Waals surface area contributed by atoms with Crippen molar-refractivity contribution in [2.45, 2.75) is 70.7 Å². The number of carbonyl (C=O) groups excluding carboxylic acids is 1. The van der Waals surface area contributed by atoms with Crippen LogP contribution in [0.4, 0.5) is 16.7 Å². The predicted molar refractivity (Wildman–Crippen MR) is 155 cm³/mol. The second kappa shape index (κ2) is 11.6. The molecule has 204 valence electrons. The van der Waals surface area contributed by atoms with E-state index < -0.39 is 11.7 Å². The number of nitrogens with one attached hydrogen (secondary N) is 3. The highest BCUT2D eigenvalue weighted by Gasteiger charge is 2.29. The fourth-order valence-corrected chi connectivity index (χ4v) is 4.99. The summed E-state index contributed by atoms with van der Waals surface area (Å²) < 4.78 is 7.93. The second-order valence-electron chi connectivity index (χ2n) is 10.7. The van der Waals surface area contributed by atoms with Gasteiger partial charge in [0, 0.05) is 24.3 Å². The molecule has 10 nitrogen and oxygen atoms in total. The molecule has 3 aromatic heterocycles. The summed E-state index contributed by atoms with van der Waals surface area (Å²) >= 11 is 3.55. The van der Waals surface area contributed by atoms with Crippen LogP contribution in [0.1, 0.15) is 52.0 Å². The minimum absolute atomic E-state index is 0.0256. The Morgan fingerprint density at radius 1 is 1.08 bits per heavy atom. The molecule has 0 bridgehead atoms. The Hall–Kier alpha value is -3.73. The van der Waals surface area contributed by atoms with Gasteiger partial charge in [-0.3, -0.25) is 4.98 Å². The van der Waals surface area contributed by atoms with Gasteiger partial charge in [-0.2, -0.15) is 19.6 Å². The Labute approximate surface area is 236 Å². The zero-order valence-corrected chi connectivity index (χ0v) is 23.9. The van der Waals surface area contributed by atoms with E-state index in [1.807, 2.05) is 39.0 Å². The number of carbonyl (C=O) groups is 1. The summed E-state index contributed by atoms with van der Waals surface area (Å²) in [4.78, 5) is 26.3. The Morgan fingerprint density at radius 3 is 2.56 bits per heavy atom. The van der Waals surface area contributed by atoms with Gasteiger partial charge in [0.25, 0.3) is 0 Å². The number of benzene rings is 1. The van der Waals surface area contributed by atoms with Gasteiger partial charge in [0.1, 0.15) is 5.60 Å². The lowest BCUT2D eigenvalue weighted by molar-refractivity contribution is 0.0488. The molecule has 2 atom stereocenters. The van der Waals surface area contributed by atoms with Crippen LogP contribution >= 0.6 is 15.9 Å². The number of alkyl carbamates (subject to hydrolysis) is 1. The maximum Gasteiger partial charge on any atom is 0.407 e. The van der Waals surface area contributed by atoms with E-state index in [9.17, 15) is 4.79 Å². The van der Waals surface area contributed by atoms with E-state index in [4.69, 9.17) is 14.7 Å². The Balaban J connectivity index is 1.31. The van der Waals surface area contributed by atoms with Crippen molar-refractivity contribution < 1.29 is 9.53 Å². The highest BCUT2D eigenvalue weighted by atomic mass is 79.9. The molecule has 0 radical (unpaired) electrons. The Morgan fingerprint density at radius 2 is 1.85 bits per heavy atom. The number of aromatic nitrogens is 5. The maximum absolute atomic E-state index is 12.5. The van der Waals surface area contributed by atoms with Crippen LogP contribution < -0.4 is 16.0 Å². The summed E-state index contributed by atoms with van der Waals surface area (Å²) in [5.74, 6) is 1.04. The minimum Gasteiger partial charge on any atom is -0.444 e. The van der Waals surface area contributed by atoms with Crippen molar-refractivity contribution in [3.05, 3.63) is 64.9 Å². The highest BCUT2D eigenvalue weighted by molar-refractivity contribution is 9.10. The molecule has 39 heavy (non-hydrogen) atoms. The number of hydrogen-bond donors (Lipinski definition) is 3. The number of pyridine rings is 1. The van der Waals surface area contributed by atoms with E-state index in [1.165, 1.54) is 0 Å². The first-order chi connectivity index (χ1) is 18.7. The normalized spacial score (nSPS) is 17.5. The van der Waals surface area contributed by atoms with E-state index in [1.54, 1.807) is 16.9 Å². The van der Waals surface area contributed by atoms with Gasteiger partial charge in [-0.25, -0.2) is 4.79 Å². The molecule has 0 unspecified atom stereocenters. The number of ether oxygens (including phenoxy) is 1. The molecule has 1 aromatic carbocycles. The van der Waals surface area contributed by atoms with Gasteiger partial charge in [-0.1, -0.05) is 43.2 Å². The van der Waals surface area contributed by atoms with E-state index >= 15 is 0 Å². The number of amides is 1. The molecule has 0 aliphatic heterocycles. The van der Waals surface area contributed by atoms with Crippen LogP contribution in [0.5, 0.6) is 0 Å². The van der Waals surface area contributed by atoms with Crippen molar-refractivity contribution in [2.24, 2.45) is 0 Å². The molecule has 3 heterocycles. The molecule has 3 N–H and O–H groups in total. The summed E-state index contributed by atoms with van der Waals surface area (Å²) in [7, 11) is 0. The third kappa shape index (κ3) is 6.83. The Kier molecular flexibility index (Phi) is 7.97. The molecular formula is C28H33BrN8O2. The number of nitrogens with zero attached hydrogens (tertiary/aromatic N) is 5. The quantitative estimate of drug-likeness (QED) is 0.246. The first-order valence-electron chi connectivity index (χ1n) is 13.2. The highest BCUT2D eigenvalue weighted by Crippen LogP contribution is 2.25. The van der Waals surface area contributed by atoms with Crippen molar-refractivity contribution in [1.82, 2.24) is 29.9 Å². The minimum atomic E-state index is -0.552. The number of rotatable bonds is 7. The molecule has 5 rings (SSSR count). The molecule has 1 saturated carbocycles. The zero-order valence-electron chi connectivity index (χ0n) is 22.3. The summed E-state index contributed by atoms with van der Waals surface area (Å²) in [6, 6.07) is 14.0. The molecule has 1 aliphatic carbocycles. The van der Waals surface area contributed by atoms with E-state index in [0.29, 0.717) is 24.1 Å². The lowest BCUT2D eigenvalue weighted by Crippen LogP contribution is -2.50. The SMILES string of the molecule is CC(C)(C)OC(=O)N[C@H]1CCCC[C@@H]1Nc1nc(NCc2ccc(-c3ccccn3)cc2)n2ncc(Br)c2n1. The third-order valence-electron chi connectivity index (χ3n) is 6.47. The van der Waals surface area contributed by atoms with Crippen LogP contribution in [-0.2, 0) is 11.3 Å². The standard InChI is InChI=1S/C28H33BrN8O2/c1-28(2,3)39-27(38)34-23-10-5-4-9-22(23)33-25-35-24-20(29)17-32-37(24)26(36-25)31-16-18-11-13-19(14-12-18)21-8-6-7-15-30-21/h6-8,11-15,17,22-23H,4-5,9-10,16H2,1-3H3,(H,34,38)(H2,31,33,35,36)/t22-,23-/m0/s1. The third-order valence-corrected chi connectivity index (χ3v) is 7.03. The van der Waals surface area contributed by atoms with E-state index in [2.05, 4.69) is 66.2 Å². The molecule has 4 aromatic rings. The van der Waals surface area contributed by atoms with E-state index in [0.717, 1.165) is 47.0 Å². The monoisotopic (exact) mass is 592 g/mol. The number of halogens is 1. The van der Waals surface area contributed by atoms with Crippen molar-refractivity contribution in [3.63, 3.8) is 0 Å². The van der Waals surface area contributed by atoms with Gasteiger partial charge in [-0.15, -0.1) is 0 Å². The lowest BCUT2D eigenvalue weighted by atomic mass is 9.90. The first kappa shape index (κ1) is 26.9. The van der Waals surface area contributed by atoms with Crippen LogP contribution in [0.3, 0.4) is 0 Å².